The summed E-state index contributed by atoms with van der Waals surface area (Å²) in [6, 6.07) is 0.525. The molecule has 0 radical (unpaired) electrons. The number of aromatic nitrogens is 4. The van der Waals surface area contributed by atoms with Crippen LogP contribution in [0.2, 0.25) is 0 Å². The Morgan fingerprint density at radius 1 is 1.43 bits per heavy atom. The van der Waals surface area contributed by atoms with Crippen molar-refractivity contribution in [3.05, 3.63) is 6.33 Å². The molecule has 0 aliphatic carbocycles. The SMILES string of the molecule is CNc1ncnc2c1nc(OC)n2C. The summed E-state index contributed by atoms with van der Waals surface area (Å²) in [4.78, 5) is 12.4. The van der Waals surface area contributed by atoms with E-state index in [-0.39, 0.29) is 0 Å². The largest absolute Gasteiger partial charge is 0.468 e. The van der Waals surface area contributed by atoms with E-state index >= 15 is 0 Å². The van der Waals surface area contributed by atoms with Gasteiger partial charge in [0.1, 0.15) is 6.33 Å². The monoisotopic (exact) mass is 193 g/mol. The molecule has 1 N–H and O–H groups in total. The molecule has 6 heteroatoms. The summed E-state index contributed by atoms with van der Waals surface area (Å²) in [5.74, 6) is 0.703. The third-order valence-electron chi connectivity index (χ3n) is 2.03. The molecule has 0 aromatic carbocycles. The van der Waals surface area contributed by atoms with E-state index in [0.29, 0.717) is 17.3 Å². The van der Waals surface area contributed by atoms with E-state index in [1.165, 1.54) is 6.33 Å². The van der Waals surface area contributed by atoms with Crippen LogP contribution in [0.15, 0.2) is 6.33 Å². The zero-order valence-electron chi connectivity index (χ0n) is 8.27. The maximum Gasteiger partial charge on any atom is 0.298 e. The third-order valence-corrected chi connectivity index (χ3v) is 2.03. The van der Waals surface area contributed by atoms with Crippen molar-refractivity contribution in [1.82, 2.24) is 19.5 Å². The average Bonchev–Trinajstić information content (AvgIpc) is 2.55. The molecule has 74 valence electrons. The van der Waals surface area contributed by atoms with Crippen molar-refractivity contribution in [3.8, 4) is 6.01 Å². The first-order chi connectivity index (χ1) is 6.77. The van der Waals surface area contributed by atoms with Crippen molar-refractivity contribution in [3.63, 3.8) is 0 Å². The van der Waals surface area contributed by atoms with Crippen LogP contribution in [-0.4, -0.2) is 33.7 Å². The molecule has 0 aliphatic rings. The van der Waals surface area contributed by atoms with Crippen LogP contribution in [0.1, 0.15) is 0 Å². The molecule has 0 spiro atoms. The van der Waals surface area contributed by atoms with Gasteiger partial charge in [0, 0.05) is 14.1 Å². The number of imidazole rings is 1. The second-order valence-electron chi connectivity index (χ2n) is 2.80. The quantitative estimate of drug-likeness (QED) is 0.748. The van der Waals surface area contributed by atoms with Crippen LogP contribution in [0.3, 0.4) is 0 Å². The fourth-order valence-corrected chi connectivity index (χ4v) is 1.34. The normalized spacial score (nSPS) is 10.5. The van der Waals surface area contributed by atoms with Crippen LogP contribution in [0.4, 0.5) is 5.82 Å². The Kier molecular flexibility index (Phi) is 1.95. The molecule has 2 aromatic heterocycles. The molecule has 0 saturated carbocycles. The van der Waals surface area contributed by atoms with E-state index in [9.17, 15) is 0 Å². The molecular weight excluding hydrogens is 182 g/mol. The highest BCUT2D eigenvalue weighted by atomic mass is 16.5. The van der Waals surface area contributed by atoms with Gasteiger partial charge in [-0.25, -0.2) is 9.97 Å². The van der Waals surface area contributed by atoms with E-state index in [2.05, 4.69) is 20.3 Å². The summed E-state index contributed by atoms with van der Waals surface area (Å²) in [6.45, 7) is 0. The molecule has 2 rings (SSSR count). The van der Waals surface area contributed by atoms with Crippen LogP contribution in [-0.2, 0) is 7.05 Å². The van der Waals surface area contributed by atoms with E-state index in [1.807, 2.05) is 7.05 Å². The van der Waals surface area contributed by atoms with Crippen LogP contribution < -0.4 is 10.1 Å². The first kappa shape index (κ1) is 8.74. The number of methoxy groups -OCH3 is 1. The topological polar surface area (TPSA) is 64.9 Å². The lowest BCUT2D eigenvalue weighted by atomic mass is 10.5. The van der Waals surface area contributed by atoms with Crippen molar-refractivity contribution >= 4 is 17.0 Å². The lowest BCUT2D eigenvalue weighted by molar-refractivity contribution is 0.368. The minimum atomic E-state index is 0.525. The number of ether oxygens (including phenoxy) is 1. The molecule has 0 saturated heterocycles. The summed E-state index contributed by atoms with van der Waals surface area (Å²) in [6.07, 6.45) is 1.50. The highest BCUT2D eigenvalue weighted by Gasteiger charge is 2.12. The standard InChI is InChI=1S/C8H11N5O/c1-9-6-5-7(11-4-10-6)13(2)8(12-5)14-3/h4H,1-3H3,(H,9,10,11). The average molecular weight is 193 g/mol. The number of nitrogens with zero attached hydrogens (tertiary/aromatic N) is 4. The van der Waals surface area contributed by atoms with Crippen LogP contribution in [0.25, 0.3) is 11.2 Å². The molecule has 0 amide bonds. The van der Waals surface area contributed by atoms with Gasteiger partial charge in [-0.2, -0.15) is 4.98 Å². The second kappa shape index (κ2) is 3.13. The predicted molar refractivity (Wildman–Crippen MR) is 52.4 cm³/mol. The lowest BCUT2D eigenvalue weighted by Gasteiger charge is -1.98. The van der Waals surface area contributed by atoms with Crippen molar-refractivity contribution in [2.75, 3.05) is 19.5 Å². The van der Waals surface area contributed by atoms with Gasteiger partial charge in [-0.15, -0.1) is 0 Å². The summed E-state index contributed by atoms with van der Waals surface area (Å²) in [7, 11) is 5.22. The van der Waals surface area contributed by atoms with Gasteiger partial charge in [-0.1, -0.05) is 0 Å². The smallest absolute Gasteiger partial charge is 0.298 e. The van der Waals surface area contributed by atoms with E-state index in [4.69, 9.17) is 4.74 Å². The highest BCUT2D eigenvalue weighted by molar-refractivity contribution is 5.83. The van der Waals surface area contributed by atoms with Gasteiger partial charge in [-0.3, -0.25) is 4.57 Å². The summed E-state index contributed by atoms with van der Waals surface area (Å²) >= 11 is 0. The number of fused-ring (bicyclic) bond motifs is 1. The summed E-state index contributed by atoms with van der Waals surface area (Å²) in [5, 5.41) is 2.95. The zero-order chi connectivity index (χ0) is 10.1. The van der Waals surface area contributed by atoms with Gasteiger partial charge in [0.25, 0.3) is 6.01 Å². The molecule has 0 fully saturated rings. The summed E-state index contributed by atoms with van der Waals surface area (Å²) < 4.78 is 6.86. The van der Waals surface area contributed by atoms with E-state index < -0.39 is 0 Å². The van der Waals surface area contributed by atoms with Gasteiger partial charge < -0.3 is 10.1 Å². The predicted octanol–water partition coefficient (Wildman–Crippen LogP) is 0.414. The van der Waals surface area contributed by atoms with E-state index in [0.717, 1.165) is 5.65 Å². The van der Waals surface area contributed by atoms with Crippen molar-refractivity contribution < 1.29 is 4.74 Å². The Balaban J connectivity index is 2.77. The molecule has 0 atom stereocenters. The highest BCUT2D eigenvalue weighted by Crippen LogP contribution is 2.21. The van der Waals surface area contributed by atoms with Crippen molar-refractivity contribution in [1.29, 1.82) is 0 Å². The van der Waals surface area contributed by atoms with Crippen molar-refractivity contribution in [2.45, 2.75) is 0 Å². The van der Waals surface area contributed by atoms with Crippen molar-refractivity contribution in [2.24, 2.45) is 7.05 Å². The number of hydrogen-bond donors (Lipinski definition) is 1. The molecule has 14 heavy (non-hydrogen) atoms. The second-order valence-corrected chi connectivity index (χ2v) is 2.80. The van der Waals surface area contributed by atoms with Gasteiger partial charge in [0.05, 0.1) is 7.11 Å². The van der Waals surface area contributed by atoms with Gasteiger partial charge in [0.2, 0.25) is 0 Å². The molecule has 0 unspecified atom stereocenters. The van der Waals surface area contributed by atoms with Crippen LogP contribution >= 0.6 is 0 Å². The molecule has 2 heterocycles. The minimum Gasteiger partial charge on any atom is -0.468 e. The molecule has 0 aliphatic heterocycles. The zero-order valence-corrected chi connectivity index (χ0v) is 8.27. The minimum absolute atomic E-state index is 0.525. The Morgan fingerprint density at radius 2 is 2.21 bits per heavy atom. The van der Waals surface area contributed by atoms with Gasteiger partial charge >= 0.3 is 0 Å². The Morgan fingerprint density at radius 3 is 2.86 bits per heavy atom. The summed E-state index contributed by atoms with van der Waals surface area (Å²) in [5.41, 5.74) is 1.47. The Bertz CT molecular complexity index is 464. The maximum atomic E-state index is 5.09. The number of aryl methyl sites for hydroxylation is 1. The maximum absolute atomic E-state index is 5.09. The molecule has 0 bridgehead atoms. The van der Waals surface area contributed by atoms with Gasteiger partial charge in [0.15, 0.2) is 17.0 Å². The number of anilines is 1. The molecule has 6 nitrogen and oxygen atoms in total. The Hall–Kier alpha value is -1.85. The third kappa shape index (κ3) is 1.07. The fourth-order valence-electron chi connectivity index (χ4n) is 1.34. The lowest BCUT2D eigenvalue weighted by Crippen LogP contribution is -1.96. The van der Waals surface area contributed by atoms with Crippen LogP contribution in [0, 0.1) is 0 Å². The first-order valence-electron chi connectivity index (χ1n) is 4.17. The van der Waals surface area contributed by atoms with Crippen LogP contribution in [0.5, 0.6) is 6.01 Å². The van der Waals surface area contributed by atoms with Gasteiger partial charge in [-0.05, 0) is 0 Å². The molecular formula is C8H11N5O. The number of rotatable bonds is 2. The Labute approximate surface area is 80.9 Å². The first-order valence-corrected chi connectivity index (χ1v) is 4.17. The number of nitrogens with one attached hydrogen (secondary N) is 1. The number of hydrogen-bond acceptors (Lipinski definition) is 5. The fraction of sp³-hybridized carbons (Fsp3) is 0.375. The molecule has 2 aromatic rings. The van der Waals surface area contributed by atoms with E-state index in [1.54, 1.807) is 18.7 Å².